The van der Waals surface area contributed by atoms with Crippen molar-refractivity contribution in [3.63, 3.8) is 0 Å². The average Bonchev–Trinajstić information content (AvgIpc) is 3.46. The molecule has 1 aliphatic heterocycles. The Morgan fingerprint density at radius 3 is 2.29 bits per heavy atom. The summed E-state index contributed by atoms with van der Waals surface area (Å²) in [7, 11) is 0. The van der Waals surface area contributed by atoms with Crippen molar-refractivity contribution in [1.82, 2.24) is 24.8 Å². The number of hydrogen-bond donors (Lipinski definition) is 0. The summed E-state index contributed by atoms with van der Waals surface area (Å²) >= 11 is 0. The van der Waals surface area contributed by atoms with Gasteiger partial charge in [0.2, 0.25) is 5.91 Å². The van der Waals surface area contributed by atoms with E-state index in [4.69, 9.17) is 0 Å². The molecule has 0 radical (unpaired) electrons. The van der Waals surface area contributed by atoms with Crippen molar-refractivity contribution < 1.29 is 14.0 Å². The lowest BCUT2D eigenvalue weighted by atomic mass is 10.1. The van der Waals surface area contributed by atoms with Crippen molar-refractivity contribution in [2.24, 2.45) is 5.92 Å². The van der Waals surface area contributed by atoms with Crippen LogP contribution in [0.5, 0.6) is 0 Å². The van der Waals surface area contributed by atoms with E-state index in [-0.39, 0.29) is 29.5 Å². The SMILES string of the molecule is O=C(c1cnn(-c2ccccc2)n1)N1CCN(C(=O)[C@H]2C[C@H]2c2ccc(F)cc2)CC1. The lowest BCUT2D eigenvalue weighted by Gasteiger charge is -2.34. The van der Waals surface area contributed by atoms with Gasteiger partial charge in [0.15, 0.2) is 5.69 Å². The molecule has 2 aliphatic rings. The molecule has 2 fully saturated rings. The zero-order chi connectivity index (χ0) is 21.4. The second kappa shape index (κ2) is 7.94. The number of amides is 2. The van der Waals surface area contributed by atoms with Gasteiger partial charge < -0.3 is 9.80 Å². The first-order valence-corrected chi connectivity index (χ1v) is 10.4. The quantitative estimate of drug-likeness (QED) is 0.652. The molecule has 1 aromatic heterocycles. The molecule has 1 saturated carbocycles. The molecule has 3 aromatic rings. The fraction of sp³-hybridized carbons (Fsp3) is 0.304. The molecule has 0 unspecified atom stereocenters. The molecular formula is C23H22FN5O2. The van der Waals surface area contributed by atoms with Crippen LogP contribution in [0.25, 0.3) is 5.69 Å². The Labute approximate surface area is 179 Å². The molecule has 2 aromatic carbocycles. The van der Waals surface area contributed by atoms with Crippen LogP contribution in [0.15, 0.2) is 60.8 Å². The van der Waals surface area contributed by atoms with Gasteiger partial charge in [-0.05, 0) is 42.2 Å². The van der Waals surface area contributed by atoms with E-state index in [1.807, 2.05) is 35.2 Å². The number of carbonyl (C=O) groups is 2. The minimum Gasteiger partial charge on any atom is -0.339 e. The number of benzene rings is 2. The first-order chi connectivity index (χ1) is 15.1. The number of carbonyl (C=O) groups excluding carboxylic acids is 2. The van der Waals surface area contributed by atoms with Crippen LogP contribution in [0.1, 0.15) is 28.4 Å². The third-order valence-electron chi connectivity index (χ3n) is 5.98. The summed E-state index contributed by atoms with van der Waals surface area (Å²) in [4.78, 5) is 30.6. The maximum absolute atomic E-state index is 13.1. The highest BCUT2D eigenvalue weighted by Crippen LogP contribution is 2.48. The lowest BCUT2D eigenvalue weighted by Crippen LogP contribution is -2.51. The molecule has 0 spiro atoms. The first-order valence-electron chi connectivity index (χ1n) is 10.4. The molecular weight excluding hydrogens is 397 g/mol. The summed E-state index contributed by atoms with van der Waals surface area (Å²) < 4.78 is 13.1. The summed E-state index contributed by atoms with van der Waals surface area (Å²) in [5, 5.41) is 8.49. The maximum atomic E-state index is 13.1. The van der Waals surface area contributed by atoms with Crippen molar-refractivity contribution in [2.75, 3.05) is 26.2 Å². The lowest BCUT2D eigenvalue weighted by molar-refractivity contribution is -0.134. The van der Waals surface area contributed by atoms with E-state index < -0.39 is 0 Å². The van der Waals surface area contributed by atoms with E-state index in [1.54, 1.807) is 17.0 Å². The second-order valence-electron chi connectivity index (χ2n) is 7.97. The highest BCUT2D eigenvalue weighted by Gasteiger charge is 2.46. The van der Waals surface area contributed by atoms with Crippen LogP contribution in [-0.4, -0.2) is 62.8 Å². The van der Waals surface area contributed by atoms with Crippen LogP contribution in [0.2, 0.25) is 0 Å². The number of nitrogens with zero attached hydrogens (tertiary/aromatic N) is 5. The van der Waals surface area contributed by atoms with E-state index in [0.717, 1.165) is 17.7 Å². The third-order valence-corrected chi connectivity index (χ3v) is 5.98. The molecule has 31 heavy (non-hydrogen) atoms. The van der Waals surface area contributed by atoms with Gasteiger partial charge in [0.25, 0.3) is 5.91 Å². The minimum absolute atomic E-state index is 0.0431. The van der Waals surface area contributed by atoms with Crippen LogP contribution in [0.4, 0.5) is 4.39 Å². The van der Waals surface area contributed by atoms with Gasteiger partial charge in [0.1, 0.15) is 5.82 Å². The fourth-order valence-corrected chi connectivity index (χ4v) is 4.12. The van der Waals surface area contributed by atoms with Gasteiger partial charge in [0.05, 0.1) is 11.9 Å². The summed E-state index contributed by atoms with van der Waals surface area (Å²) in [6, 6.07) is 15.8. The molecule has 5 rings (SSSR count). The summed E-state index contributed by atoms with van der Waals surface area (Å²) in [6.07, 6.45) is 2.27. The van der Waals surface area contributed by atoms with Crippen LogP contribution in [0.3, 0.4) is 0 Å². The zero-order valence-corrected chi connectivity index (χ0v) is 16.9. The Kier molecular flexibility index (Phi) is 4.97. The topological polar surface area (TPSA) is 71.3 Å². The van der Waals surface area contributed by atoms with Crippen molar-refractivity contribution in [1.29, 1.82) is 0 Å². The predicted molar refractivity (Wildman–Crippen MR) is 111 cm³/mol. The minimum atomic E-state index is -0.267. The molecule has 2 amide bonds. The normalized spacial score (nSPS) is 20.5. The van der Waals surface area contributed by atoms with E-state index in [9.17, 15) is 14.0 Å². The molecule has 158 valence electrons. The van der Waals surface area contributed by atoms with Crippen LogP contribution >= 0.6 is 0 Å². The largest absolute Gasteiger partial charge is 0.339 e. The molecule has 0 N–H and O–H groups in total. The van der Waals surface area contributed by atoms with Crippen LogP contribution < -0.4 is 0 Å². The van der Waals surface area contributed by atoms with E-state index >= 15 is 0 Å². The van der Waals surface area contributed by atoms with Gasteiger partial charge in [-0.3, -0.25) is 9.59 Å². The zero-order valence-electron chi connectivity index (χ0n) is 16.9. The van der Waals surface area contributed by atoms with Crippen molar-refractivity contribution in [3.8, 4) is 5.69 Å². The standard InChI is InChI=1S/C23H22FN5O2/c24-17-8-6-16(7-9-17)19-14-20(19)22(30)27-10-12-28(13-11-27)23(31)21-15-25-29(26-21)18-4-2-1-3-5-18/h1-9,15,19-20H,10-14H2/t19-,20-/m0/s1. The van der Waals surface area contributed by atoms with Gasteiger partial charge in [0, 0.05) is 32.1 Å². The Morgan fingerprint density at radius 2 is 1.58 bits per heavy atom. The summed E-state index contributed by atoms with van der Waals surface area (Å²) in [5.74, 6) is -0.197. The Bertz CT molecular complexity index is 1090. The fourth-order valence-electron chi connectivity index (χ4n) is 4.12. The average molecular weight is 419 g/mol. The predicted octanol–water partition coefficient (Wildman–Crippen LogP) is 2.49. The Balaban J connectivity index is 1.16. The Morgan fingerprint density at radius 1 is 0.903 bits per heavy atom. The molecule has 2 atom stereocenters. The van der Waals surface area contributed by atoms with Crippen molar-refractivity contribution in [3.05, 3.63) is 77.9 Å². The summed E-state index contributed by atoms with van der Waals surface area (Å²) in [5.41, 5.74) is 2.09. The maximum Gasteiger partial charge on any atom is 0.276 e. The van der Waals surface area contributed by atoms with Crippen molar-refractivity contribution in [2.45, 2.75) is 12.3 Å². The third kappa shape index (κ3) is 3.93. The monoisotopic (exact) mass is 419 g/mol. The molecule has 7 nitrogen and oxygen atoms in total. The highest BCUT2D eigenvalue weighted by molar-refractivity contribution is 5.92. The van der Waals surface area contributed by atoms with E-state index in [0.29, 0.717) is 31.9 Å². The number of piperazine rings is 1. The molecule has 1 saturated heterocycles. The van der Waals surface area contributed by atoms with Gasteiger partial charge in [-0.25, -0.2) is 4.39 Å². The first kappa shape index (κ1) is 19.4. The number of aromatic nitrogens is 3. The van der Waals surface area contributed by atoms with Crippen LogP contribution in [0, 0.1) is 11.7 Å². The smallest absolute Gasteiger partial charge is 0.276 e. The van der Waals surface area contributed by atoms with Crippen LogP contribution in [-0.2, 0) is 4.79 Å². The molecule has 0 bridgehead atoms. The van der Waals surface area contributed by atoms with E-state index in [2.05, 4.69) is 10.2 Å². The van der Waals surface area contributed by atoms with Gasteiger partial charge in [-0.15, -0.1) is 5.10 Å². The molecule has 2 heterocycles. The number of hydrogen-bond acceptors (Lipinski definition) is 4. The molecule has 8 heteroatoms. The van der Waals surface area contributed by atoms with Gasteiger partial charge in [-0.2, -0.15) is 9.90 Å². The molecule has 1 aliphatic carbocycles. The Hall–Kier alpha value is -3.55. The van der Waals surface area contributed by atoms with Crippen molar-refractivity contribution >= 4 is 11.8 Å². The number of halogens is 1. The second-order valence-corrected chi connectivity index (χ2v) is 7.97. The number of rotatable bonds is 4. The van der Waals surface area contributed by atoms with Gasteiger partial charge in [-0.1, -0.05) is 30.3 Å². The highest BCUT2D eigenvalue weighted by atomic mass is 19.1. The van der Waals surface area contributed by atoms with Gasteiger partial charge >= 0.3 is 0 Å². The summed E-state index contributed by atoms with van der Waals surface area (Å²) in [6.45, 7) is 1.95. The number of para-hydroxylation sites is 1. The van der Waals surface area contributed by atoms with E-state index in [1.165, 1.54) is 23.1 Å².